The van der Waals surface area contributed by atoms with Crippen molar-refractivity contribution in [2.24, 2.45) is 0 Å². The molecule has 0 spiro atoms. The molecule has 0 saturated heterocycles. The van der Waals surface area contributed by atoms with E-state index in [2.05, 4.69) is 16.9 Å². The van der Waals surface area contributed by atoms with Crippen molar-refractivity contribution >= 4 is 22.6 Å². The lowest BCUT2D eigenvalue weighted by atomic mass is 10.2. The quantitative estimate of drug-likeness (QED) is 0.403. The highest BCUT2D eigenvalue weighted by atomic mass is 16.3. The Labute approximate surface area is 165 Å². The van der Waals surface area contributed by atoms with Crippen LogP contribution >= 0.6 is 0 Å². The molecule has 0 fully saturated rings. The van der Waals surface area contributed by atoms with Gasteiger partial charge in [0.1, 0.15) is 22.5 Å². The van der Waals surface area contributed by atoms with Gasteiger partial charge in [0.15, 0.2) is 0 Å². The summed E-state index contributed by atoms with van der Waals surface area (Å²) in [6.45, 7) is 6.02. The second-order valence-corrected chi connectivity index (χ2v) is 6.66. The Morgan fingerprint density at radius 3 is 2.93 bits per heavy atom. The van der Waals surface area contributed by atoms with Crippen molar-refractivity contribution in [2.45, 2.75) is 20.0 Å². The van der Waals surface area contributed by atoms with Crippen LogP contribution in [0, 0.1) is 12.3 Å². The van der Waals surface area contributed by atoms with Gasteiger partial charge in [-0.2, -0.15) is 0 Å². The normalized spacial score (nSPS) is 11.1. The molecule has 0 aliphatic carbocycles. The SMILES string of the molecule is C=CCn1c(=N)c(C(=O)NCc2ccco2)cc2c(=O)n3cc(C)ccc3nc21. The number of amides is 1. The highest BCUT2D eigenvalue weighted by Gasteiger charge is 2.17. The minimum absolute atomic E-state index is 0.0438. The monoisotopic (exact) mass is 389 g/mol. The minimum atomic E-state index is -0.472. The van der Waals surface area contributed by atoms with Crippen LogP contribution in [0.25, 0.3) is 16.7 Å². The molecular weight excluding hydrogens is 370 g/mol. The van der Waals surface area contributed by atoms with Gasteiger partial charge in [0.25, 0.3) is 11.5 Å². The van der Waals surface area contributed by atoms with Gasteiger partial charge < -0.3 is 14.3 Å². The van der Waals surface area contributed by atoms with Gasteiger partial charge in [-0.1, -0.05) is 12.1 Å². The standard InChI is InChI=1S/C21H19N5O3/c1-3-8-25-18(22)15(20(27)23-11-14-5-4-9-29-14)10-16-19(25)24-17-7-6-13(2)12-26(17)21(16)28/h3-7,9-10,12,22H,1,8,11H2,2H3,(H,23,27). The molecule has 0 aromatic carbocycles. The van der Waals surface area contributed by atoms with Crippen molar-refractivity contribution in [1.82, 2.24) is 19.3 Å². The summed E-state index contributed by atoms with van der Waals surface area (Å²) in [5, 5.41) is 11.5. The minimum Gasteiger partial charge on any atom is -0.467 e. The van der Waals surface area contributed by atoms with E-state index in [1.165, 1.54) is 21.3 Å². The van der Waals surface area contributed by atoms with Gasteiger partial charge in [0.2, 0.25) is 0 Å². The van der Waals surface area contributed by atoms with Crippen molar-refractivity contribution in [3.8, 4) is 0 Å². The lowest BCUT2D eigenvalue weighted by Gasteiger charge is -2.13. The molecule has 4 heterocycles. The van der Waals surface area contributed by atoms with Crippen molar-refractivity contribution in [2.75, 3.05) is 0 Å². The summed E-state index contributed by atoms with van der Waals surface area (Å²) in [4.78, 5) is 30.4. The fraction of sp³-hybridized carbons (Fsp3) is 0.143. The van der Waals surface area contributed by atoms with E-state index in [1.54, 1.807) is 30.5 Å². The van der Waals surface area contributed by atoms with Gasteiger partial charge >= 0.3 is 0 Å². The fourth-order valence-electron chi connectivity index (χ4n) is 3.20. The number of nitrogens with zero attached hydrogens (tertiary/aromatic N) is 3. The molecular formula is C21H19N5O3. The van der Waals surface area contributed by atoms with Crippen molar-refractivity contribution in [3.05, 3.63) is 88.2 Å². The molecule has 8 heteroatoms. The lowest BCUT2D eigenvalue weighted by Crippen LogP contribution is -2.34. The number of carbonyl (C=O) groups is 1. The van der Waals surface area contributed by atoms with Crippen LogP contribution in [-0.2, 0) is 13.1 Å². The number of furan rings is 1. The Kier molecular flexibility index (Phi) is 4.59. The van der Waals surface area contributed by atoms with E-state index in [4.69, 9.17) is 9.83 Å². The number of hydrogen-bond donors (Lipinski definition) is 2. The first-order valence-electron chi connectivity index (χ1n) is 9.02. The predicted octanol–water partition coefficient (Wildman–Crippen LogP) is 2.15. The summed E-state index contributed by atoms with van der Waals surface area (Å²) in [7, 11) is 0. The second-order valence-electron chi connectivity index (χ2n) is 6.66. The van der Waals surface area contributed by atoms with Gasteiger partial charge in [-0.3, -0.25) is 19.4 Å². The second kappa shape index (κ2) is 7.23. The van der Waals surface area contributed by atoms with Gasteiger partial charge in [-0.15, -0.1) is 6.58 Å². The number of carbonyl (C=O) groups excluding carboxylic acids is 1. The molecule has 8 nitrogen and oxygen atoms in total. The van der Waals surface area contributed by atoms with E-state index in [-0.39, 0.29) is 35.1 Å². The summed E-state index contributed by atoms with van der Waals surface area (Å²) in [5.41, 5.74) is 1.46. The molecule has 4 aromatic heterocycles. The van der Waals surface area contributed by atoms with Crippen LogP contribution < -0.4 is 16.4 Å². The van der Waals surface area contributed by atoms with Crippen molar-refractivity contribution in [1.29, 1.82) is 5.41 Å². The number of aryl methyl sites for hydroxylation is 1. The maximum Gasteiger partial charge on any atom is 0.267 e. The third-order valence-electron chi connectivity index (χ3n) is 4.61. The number of hydrogen-bond acceptors (Lipinski definition) is 5. The zero-order valence-corrected chi connectivity index (χ0v) is 15.8. The van der Waals surface area contributed by atoms with Crippen LogP contribution in [-0.4, -0.2) is 19.9 Å². The van der Waals surface area contributed by atoms with Crippen LogP contribution in [0.1, 0.15) is 21.7 Å². The number of fused-ring (bicyclic) bond motifs is 2. The molecule has 0 radical (unpaired) electrons. The molecule has 29 heavy (non-hydrogen) atoms. The van der Waals surface area contributed by atoms with Crippen LogP contribution in [0.15, 0.2) is 64.7 Å². The fourth-order valence-corrected chi connectivity index (χ4v) is 3.20. The maximum absolute atomic E-state index is 13.1. The summed E-state index contributed by atoms with van der Waals surface area (Å²) < 4.78 is 8.17. The third kappa shape index (κ3) is 3.25. The van der Waals surface area contributed by atoms with Gasteiger partial charge in [-0.25, -0.2) is 4.98 Å². The summed E-state index contributed by atoms with van der Waals surface area (Å²) >= 11 is 0. The predicted molar refractivity (Wildman–Crippen MR) is 108 cm³/mol. The van der Waals surface area contributed by atoms with E-state index in [0.717, 1.165) is 5.56 Å². The average Bonchev–Trinajstić information content (AvgIpc) is 3.23. The largest absolute Gasteiger partial charge is 0.467 e. The molecule has 0 unspecified atom stereocenters. The van der Waals surface area contributed by atoms with E-state index in [0.29, 0.717) is 17.1 Å². The van der Waals surface area contributed by atoms with Gasteiger partial charge in [-0.05, 0) is 36.8 Å². The lowest BCUT2D eigenvalue weighted by molar-refractivity contribution is 0.0945. The van der Waals surface area contributed by atoms with Crippen LogP contribution in [0.4, 0.5) is 0 Å². The number of allylic oxidation sites excluding steroid dienone is 1. The Morgan fingerprint density at radius 2 is 2.21 bits per heavy atom. The van der Waals surface area contributed by atoms with Gasteiger partial charge in [0, 0.05) is 12.7 Å². The number of nitrogens with one attached hydrogen (secondary N) is 2. The molecule has 4 rings (SSSR count). The molecule has 1 amide bonds. The zero-order chi connectivity index (χ0) is 20.5. The average molecular weight is 389 g/mol. The van der Waals surface area contributed by atoms with Crippen LogP contribution in [0.5, 0.6) is 0 Å². The number of rotatable bonds is 5. The zero-order valence-electron chi connectivity index (χ0n) is 15.8. The molecule has 0 bridgehead atoms. The number of aromatic nitrogens is 3. The molecule has 146 valence electrons. The highest BCUT2D eigenvalue weighted by molar-refractivity contribution is 5.96. The van der Waals surface area contributed by atoms with Gasteiger partial charge in [0.05, 0.1) is 23.8 Å². The Hall–Kier alpha value is -3.94. The topological polar surface area (TPSA) is 105 Å². The third-order valence-corrected chi connectivity index (χ3v) is 4.61. The Balaban J connectivity index is 1.92. The van der Waals surface area contributed by atoms with Crippen LogP contribution in [0.3, 0.4) is 0 Å². The van der Waals surface area contributed by atoms with Crippen molar-refractivity contribution < 1.29 is 9.21 Å². The van der Waals surface area contributed by atoms with Crippen LogP contribution in [0.2, 0.25) is 0 Å². The highest BCUT2D eigenvalue weighted by Crippen LogP contribution is 2.11. The van der Waals surface area contributed by atoms with E-state index in [9.17, 15) is 9.59 Å². The maximum atomic E-state index is 13.1. The first-order chi connectivity index (χ1) is 14.0. The molecule has 0 aliphatic rings. The van der Waals surface area contributed by atoms with E-state index in [1.807, 2.05) is 13.0 Å². The molecule has 2 N–H and O–H groups in total. The summed E-state index contributed by atoms with van der Waals surface area (Å²) in [6, 6.07) is 8.51. The first-order valence-corrected chi connectivity index (χ1v) is 9.02. The molecule has 0 aliphatic heterocycles. The van der Waals surface area contributed by atoms with E-state index >= 15 is 0 Å². The molecule has 0 atom stereocenters. The first kappa shape index (κ1) is 18.4. The Bertz CT molecular complexity index is 1360. The summed E-state index contributed by atoms with van der Waals surface area (Å²) in [5.74, 6) is 0.118. The smallest absolute Gasteiger partial charge is 0.267 e. The summed E-state index contributed by atoms with van der Waals surface area (Å²) in [6.07, 6.45) is 4.82. The molecule has 0 saturated carbocycles. The van der Waals surface area contributed by atoms with Crippen molar-refractivity contribution in [3.63, 3.8) is 0 Å². The Morgan fingerprint density at radius 1 is 1.38 bits per heavy atom. The van der Waals surface area contributed by atoms with E-state index < -0.39 is 5.91 Å². The molecule has 4 aromatic rings. The number of pyridine rings is 2.